The highest BCUT2D eigenvalue weighted by Gasteiger charge is 2.37. The van der Waals surface area contributed by atoms with Gasteiger partial charge in [0.05, 0.1) is 11.7 Å². The van der Waals surface area contributed by atoms with Gasteiger partial charge in [-0.3, -0.25) is 4.98 Å². The Morgan fingerprint density at radius 1 is 1.35 bits per heavy atom. The van der Waals surface area contributed by atoms with E-state index in [0.717, 1.165) is 34.8 Å². The van der Waals surface area contributed by atoms with Crippen LogP contribution in [0.5, 0.6) is 0 Å². The predicted molar refractivity (Wildman–Crippen MR) is 91.4 cm³/mol. The molecule has 8 heteroatoms. The first-order valence-electron chi connectivity index (χ1n) is 7.47. The molecule has 1 aliphatic rings. The van der Waals surface area contributed by atoms with Crippen molar-refractivity contribution in [2.75, 3.05) is 20.6 Å². The van der Waals surface area contributed by atoms with Crippen molar-refractivity contribution >= 4 is 21.5 Å². The molecular weight excluding hydrogens is 332 g/mol. The molecule has 0 unspecified atom stereocenters. The van der Waals surface area contributed by atoms with Crippen LogP contribution in [0.3, 0.4) is 0 Å². The molecule has 0 spiro atoms. The average molecular weight is 352 g/mol. The van der Waals surface area contributed by atoms with Crippen molar-refractivity contribution < 1.29 is 8.42 Å². The van der Waals surface area contributed by atoms with Gasteiger partial charge in [0.2, 0.25) is 0 Å². The Morgan fingerprint density at radius 3 is 2.70 bits per heavy atom. The third-order valence-corrected chi connectivity index (χ3v) is 6.92. The van der Waals surface area contributed by atoms with E-state index in [1.54, 1.807) is 35.9 Å². The molecule has 124 valence electrons. The van der Waals surface area contributed by atoms with E-state index in [0.29, 0.717) is 6.54 Å². The molecule has 6 nitrogen and oxygen atoms in total. The third-order valence-electron chi connectivity index (χ3n) is 3.96. The summed E-state index contributed by atoms with van der Waals surface area (Å²) in [7, 11) is -0.293. The lowest BCUT2D eigenvalue weighted by atomic mass is 10.1. The molecule has 2 aromatic rings. The molecule has 0 radical (unpaired) electrons. The topological polar surface area (TPSA) is 66.4 Å². The van der Waals surface area contributed by atoms with E-state index in [1.807, 2.05) is 24.4 Å². The highest BCUT2D eigenvalue weighted by Crippen LogP contribution is 2.34. The summed E-state index contributed by atoms with van der Waals surface area (Å²) in [6.07, 6.45) is 3.44. The lowest BCUT2D eigenvalue weighted by molar-refractivity contribution is 0.358. The Kier molecular flexibility index (Phi) is 4.50. The Hall–Kier alpha value is -1.35. The molecule has 0 N–H and O–H groups in total. The monoisotopic (exact) mass is 352 g/mol. The Labute approximate surface area is 141 Å². The maximum Gasteiger partial charge on any atom is 0.282 e. The Balaban J connectivity index is 1.87. The van der Waals surface area contributed by atoms with Gasteiger partial charge in [-0.05, 0) is 31.9 Å². The molecule has 2 aromatic heterocycles. The molecule has 1 aliphatic heterocycles. The molecule has 0 bridgehead atoms. The van der Waals surface area contributed by atoms with E-state index in [2.05, 4.69) is 9.97 Å². The summed E-state index contributed by atoms with van der Waals surface area (Å²) in [5.41, 5.74) is 2.75. The van der Waals surface area contributed by atoms with Crippen LogP contribution in [-0.4, -0.2) is 47.6 Å². The highest BCUT2D eigenvalue weighted by atomic mass is 32.2. The van der Waals surface area contributed by atoms with E-state index < -0.39 is 10.2 Å². The van der Waals surface area contributed by atoms with Crippen LogP contribution in [-0.2, 0) is 10.2 Å². The van der Waals surface area contributed by atoms with Crippen LogP contribution in [0.15, 0.2) is 23.7 Å². The first-order valence-corrected chi connectivity index (χ1v) is 9.75. The zero-order valence-electron chi connectivity index (χ0n) is 13.4. The molecule has 3 heterocycles. The summed E-state index contributed by atoms with van der Waals surface area (Å²) >= 11 is 1.59. The van der Waals surface area contributed by atoms with Crippen LogP contribution < -0.4 is 0 Å². The van der Waals surface area contributed by atoms with Gasteiger partial charge in [0, 0.05) is 43.5 Å². The molecule has 1 fully saturated rings. The van der Waals surface area contributed by atoms with Crippen LogP contribution in [0.4, 0.5) is 0 Å². The van der Waals surface area contributed by atoms with Crippen LogP contribution in [0.2, 0.25) is 0 Å². The van der Waals surface area contributed by atoms with Crippen LogP contribution in [0.25, 0.3) is 10.6 Å². The van der Waals surface area contributed by atoms with Gasteiger partial charge in [-0.15, -0.1) is 11.3 Å². The lowest BCUT2D eigenvalue weighted by Crippen LogP contribution is -2.39. The first kappa shape index (κ1) is 16.5. The summed E-state index contributed by atoms with van der Waals surface area (Å²) in [5, 5.41) is 2.94. The highest BCUT2D eigenvalue weighted by molar-refractivity contribution is 7.86. The fourth-order valence-electron chi connectivity index (χ4n) is 2.74. The summed E-state index contributed by atoms with van der Waals surface area (Å²) in [6, 6.07) is 3.70. The van der Waals surface area contributed by atoms with Gasteiger partial charge >= 0.3 is 0 Å². The summed E-state index contributed by atoms with van der Waals surface area (Å²) < 4.78 is 27.7. The van der Waals surface area contributed by atoms with E-state index in [9.17, 15) is 8.42 Å². The van der Waals surface area contributed by atoms with Gasteiger partial charge in [-0.25, -0.2) is 4.98 Å². The number of aryl methyl sites for hydroxylation is 1. The maximum absolute atomic E-state index is 12.4. The fraction of sp³-hybridized carbons (Fsp3) is 0.467. The van der Waals surface area contributed by atoms with Crippen LogP contribution >= 0.6 is 11.3 Å². The lowest BCUT2D eigenvalue weighted by Gasteiger charge is -2.26. The van der Waals surface area contributed by atoms with Gasteiger partial charge in [0.15, 0.2) is 0 Å². The van der Waals surface area contributed by atoms with Crippen molar-refractivity contribution in [3.8, 4) is 10.6 Å². The molecular formula is C15H20N4O2S2. The summed E-state index contributed by atoms with van der Waals surface area (Å²) in [5.74, 6) is 0. The standard InChI is InChI=1S/C15H20N4O2S2/c1-11-10-22-15(17-11)12-6-7-13(16-9-12)14-5-4-8-19(14)23(20,21)18(2)3/h6-7,9-10,14H,4-5,8H2,1-3H3/t14-/m0/s1. The fourth-order valence-corrected chi connectivity index (χ4v) is 4.84. The van der Waals surface area contributed by atoms with Crippen molar-refractivity contribution in [2.24, 2.45) is 0 Å². The Morgan fingerprint density at radius 2 is 2.13 bits per heavy atom. The van der Waals surface area contributed by atoms with E-state index in [4.69, 9.17) is 0 Å². The maximum atomic E-state index is 12.4. The quantitative estimate of drug-likeness (QED) is 0.848. The molecule has 0 aliphatic carbocycles. The van der Waals surface area contributed by atoms with E-state index >= 15 is 0 Å². The van der Waals surface area contributed by atoms with Crippen LogP contribution in [0.1, 0.15) is 30.3 Å². The number of aromatic nitrogens is 2. The Bertz CT molecular complexity index is 784. The predicted octanol–water partition coefficient (Wildman–Crippen LogP) is 2.46. The molecule has 0 aromatic carbocycles. The van der Waals surface area contributed by atoms with Crippen molar-refractivity contribution in [1.82, 2.24) is 18.6 Å². The summed E-state index contributed by atoms with van der Waals surface area (Å²) in [4.78, 5) is 8.96. The van der Waals surface area contributed by atoms with Crippen molar-refractivity contribution in [3.63, 3.8) is 0 Å². The zero-order valence-corrected chi connectivity index (χ0v) is 15.1. The minimum absolute atomic E-state index is 0.186. The molecule has 0 amide bonds. The second-order valence-electron chi connectivity index (χ2n) is 5.82. The average Bonchev–Trinajstić information content (AvgIpc) is 3.16. The molecule has 1 saturated heterocycles. The van der Waals surface area contributed by atoms with Gasteiger partial charge in [-0.2, -0.15) is 17.0 Å². The largest absolute Gasteiger partial charge is 0.282 e. The minimum atomic E-state index is -3.42. The second-order valence-corrected chi connectivity index (χ2v) is 8.78. The zero-order chi connectivity index (χ0) is 16.6. The van der Waals surface area contributed by atoms with Crippen LogP contribution in [0, 0.1) is 6.92 Å². The van der Waals surface area contributed by atoms with Crippen molar-refractivity contribution in [2.45, 2.75) is 25.8 Å². The second kappa shape index (κ2) is 6.27. The summed E-state index contributed by atoms with van der Waals surface area (Å²) in [6.45, 7) is 2.50. The number of rotatable bonds is 4. The third kappa shape index (κ3) is 3.16. The van der Waals surface area contributed by atoms with Gasteiger partial charge in [-0.1, -0.05) is 0 Å². The number of hydrogen-bond acceptors (Lipinski definition) is 5. The van der Waals surface area contributed by atoms with Crippen molar-refractivity contribution in [3.05, 3.63) is 35.1 Å². The van der Waals surface area contributed by atoms with E-state index in [-0.39, 0.29) is 6.04 Å². The smallest absolute Gasteiger partial charge is 0.259 e. The molecule has 3 rings (SSSR count). The number of nitrogens with zero attached hydrogens (tertiary/aromatic N) is 4. The molecule has 0 saturated carbocycles. The van der Waals surface area contributed by atoms with Crippen molar-refractivity contribution in [1.29, 1.82) is 0 Å². The number of pyridine rings is 1. The van der Waals surface area contributed by atoms with Gasteiger partial charge in [0.1, 0.15) is 5.01 Å². The number of thiazole rings is 1. The normalized spacial score (nSPS) is 19.6. The SMILES string of the molecule is Cc1csc(-c2ccc([C@@H]3CCCN3S(=O)(=O)N(C)C)nc2)n1. The first-order chi connectivity index (χ1) is 10.9. The minimum Gasteiger partial charge on any atom is -0.259 e. The molecule has 23 heavy (non-hydrogen) atoms. The van der Waals surface area contributed by atoms with Gasteiger partial charge < -0.3 is 0 Å². The molecule has 1 atom stereocenters. The van der Waals surface area contributed by atoms with E-state index in [1.165, 1.54) is 4.31 Å². The van der Waals surface area contributed by atoms with Gasteiger partial charge in [0.25, 0.3) is 10.2 Å². The number of hydrogen-bond donors (Lipinski definition) is 0.